The number of amides is 1. The van der Waals surface area contributed by atoms with Crippen molar-refractivity contribution >= 4 is 5.91 Å². The van der Waals surface area contributed by atoms with Gasteiger partial charge in [0.15, 0.2) is 0 Å². The number of benzene rings is 1. The summed E-state index contributed by atoms with van der Waals surface area (Å²) in [5, 5.41) is 0. The number of hydrogen-bond donors (Lipinski definition) is 0. The number of pyridine rings is 1. The summed E-state index contributed by atoms with van der Waals surface area (Å²) in [4.78, 5) is 21.6. The zero-order valence-electron chi connectivity index (χ0n) is 17.5. The molecule has 5 nitrogen and oxygen atoms in total. The van der Waals surface area contributed by atoms with E-state index in [2.05, 4.69) is 45.1 Å². The molecule has 0 saturated carbocycles. The summed E-state index contributed by atoms with van der Waals surface area (Å²) >= 11 is 0. The minimum Gasteiger partial charge on any atom is -0.495 e. The van der Waals surface area contributed by atoms with Crippen molar-refractivity contribution in [1.82, 2.24) is 14.8 Å². The zero-order valence-corrected chi connectivity index (χ0v) is 17.5. The van der Waals surface area contributed by atoms with Gasteiger partial charge in [0.25, 0.3) is 0 Å². The van der Waals surface area contributed by atoms with Gasteiger partial charge < -0.3 is 9.64 Å². The van der Waals surface area contributed by atoms with Gasteiger partial charge in [0.1, 0.15) is 5.75 Å². The third-order valence-corrected chi connectivity index (χ3v) is 6.68. The van der Waals surface area contributed by atoms with Crippen molar-refractivity contribution < 1.29 is 9.53 Å². The van der Waals surface area contributed by atoms with Crippen LogP contribution in [0.1, 0.15) is 31.0 Å². The molecule has 2 aliphatic rings. The van der Waals surface area contributed by atoms with Gasteiger partial charge in [-0.25, -0.2) is 0 Å². The van der Waals surface area contributed by atoms with Crippen LogP contribution in [-0.4, -0.2) is 54.0 Å². The first-order chi connectivity index (χ1) is 14.1. The van der Waals surface area contributed by atoms with E-state index >= 15 is 0 Å². The third kappa shape index (κ3) is 4.15. The van der Waals surface area contributed by atoms with E-state index in [1.807, 2.05) is 25.3 Å². The quantitative estimate of drug-likeness (QED) is 0.723. The fourth-order valence-corrected chi connectivity index (χ4v) is 5.16. The summed E-state index contributed by atoms with van der Waals surface area (Å²) < 4.78 is 5.50. The van der Waals surface area contributed by atoms with Gasteiger partial charge in [0.2, 0.25) is 5.91 Å². The van der Waals surface area contributed by atoms with Gasteiger partial charge in [0.05, 0.1) is 12.8 Å². The van der Waals surface area contributed by atoms with Crippen LogP contribution in [0.15, 0.2) is 48.7 Å². The zero-order chi connectivity index (χ0) is 20.3. The van der Waals surface area contributed by atoms with Gasteiger partial charge in [-0.2, -0.15) is 0 Å². The van der Waals surface area contributed by atoms with Gasteiger partial charge in [0, 0.05) is 50.8 Å². The van der Waals surface area contributed by atoms with E-state index in [0.29, 0.717) is 12.3 Å². The average Bonchev–Trinajstić information content (AvgIpc) is 3.26. The molecular weight excluding hydrogens is 362 g/mol. The molecule has 2 unspecified atom stereocenters. The van der Waals surface area contributed by atoms with Gasteiger partial charge in [-0.15, -0.1) is 0 Å². The highest BCUT2D eigenvalue weighted by Crippen LogP contribution is 2.46. The second-order valence-electron chi connectivity index (χ2n) is 8.49. The predicted octanol–water partition coefficient (Wildman–Crippen LogP) is 3.39. The van der Waals surface area contributed by atoms with Crippen LogP contribution < -0.4 is 4.74 Å². The number of likely N-dealkylation sites (tertiary alicyclic amines) is 2. The maximum atomic E-state index is 12.4. The lowest BCUT2D eigenvalue weighted by Crippen LogP contribution is -2.37. The Morgan fingerprint density at radius 1 is 1.17 bits per heavy atom. The molecule has 0 bridgehead atoms. The van der Waals surface area contributed by atoms with E-state index in [4.69, 9.17) is 4.74 Å². The van der Waals surface area contributed by atoms with E-state index in [9.17, 15) is 4.79 Å². The number of aromatic nitrogens is 1. The molecule has 3 heterocycles. The molecule has 4 rings (SSSR count). The Bertz CT molecular complexity index is 841. The monoisotopic (exact) mass is 393 g/mol. The van der Waals surface area contributed by atoms with Gasteiger partial charge in [-0.05, 0) is 36.5 Å². The molecule has 2 aliphatic heterocycles. The minimum atomic E-state index is 0.169. The molecule has 29 heavy (non-hydrogen) atoms. The lowest BCUT2D eigenvalue weighted by atomic mass is 9.76. The SMILES string of the molecule is CCC(=O)N1CC2CN(Cc3ncccc3OC)CC2(CCc2ccccc2)C1. The summed E-state index contributed by atoms with van der Waals surface area (Å²) in [7, 11) is 1.70. The summed E-state index contributed by atoms with van der Waals surface area (Å²) in [6.07, 6.45) is 4.61. The van der Waals surface area contributed by atoms with E-state index in [0.717, 1.165) is 57.0 Å². The van der Waals surface area contributed by atoms with Crippen molar-refractivity contribution in [3.05, 3.63) is 59.9 Å². The first kappa shape index (κ1) is 19.9. The standard InChI is InChI=1S/C24H31N3O2/c1-3-23(28)27-15-20-14-26(16-21-22(29-2)10-7-13-25-21)17-24(20,18-27)12-11-19-8-5-4-6-9-19/h4-10,13,20H,3,11-12,14-18H2,1-2H3. The molecule has 2 saturated heterocycles. The van der Waals surface area contributed by atoms with E-state index < -0.39 is 0 Å². The number of rotatable bonds is 7. The smallest absolute Gasteiger partial charge is 0.222 e. The predicted molar refractivity (Wildman–Crippen MR) is 114 cm³/mol. The van der Waals surface area contributed by atoms with Crippen molar-refractivity contribution in [2.45, 2.75) is 32.7 Å². The van der Waals surface area contributed by atoms with Crippen LogP contribution in [-0.2, 0) is 17.8 Å². The number of ether oxygens (including phenoxy) is 1. The largest absolute Gasteiger partial charge is 0.495 e. The summed E-state index contributed by atoms with van der Waals surface area (Å²) in [5.74, 6) is 1.67. The Hall–Kier alpha value is -2.40. The molecule has 2 fully saturated rings. The molecule has 0 radical (unpaired) electrons. The number of methoxy groups -OCH3 is 1. The molecule has 1 amide bonds. The average molecular weight is 394 g/mol. The Kier molecular flexibility index (Phi) is 5.86. The highest BCUT2D eigenvalue weighted by atomic mass is 16.5. The maximum absolute atomic E-state index is 12.4. The number of hydrogen-bond acceptors (Lipinski definition) is 4. The normalized spacial score (nSPS) is 23.9. The van der Waals surface area contributed by atoms with Crippen molar-refractivity contribution in [2.24, 2.45) is 11.3 Å². The molecule has 1 aromatic carbocycles. The Morgan fingerprint density at radius 3 is 2.76 bits per heavy atom. The van der Waals surface area contributed by atoms with E-state index in [1.165, 1.54) is 5.56 Å². The number of carbonyl (C=O) groups is 1. The lowest BCUT2D eigenvalue weighted by Gasteiger charge is -2.30. The lowest BCUT2D eigenvalue weighted by molar-refractivity contribution is -0.130. The first-order valence-corrected chi connectivity index (χ1v) is 10.7. The summed E-state index contributed by atoms with van der Waals surface area (Å²) in [5.41, 5.74) is 2.54. The Balaban J connectivity index is 1.50. The molecule has 5 heteroatoms. The van der Waals surface area contributed by atoms with Crippen LogP contribution in [0.4, 0.5) is 0 Å². The van der Waals surface area contributed by atoms with Gasteiger partial charge >= 0.3 is 0 Å². The van der Waals surface area contributed by atoms with Crippen LogP contribution in [0.5, 0.6) is 5.75 Å². The molecule has 2 atom stereocenters. The maximum Gasteiger partial charge on any atom is 0.222 e. The highest BCUT2D eigenvalue weighted by molar-refractivity contribution is 5.76. The Labute approximate surface area is 173 Å². The summed E-state index contributed by atoms with van der Waals surface area (Å²) in [6.45, 7) is 6.56. The second-order valence-corrected chi connectivity index (χ2v) is 8.49. The second kappa shape index (κ2) is 8.54. The molecule has 0 N–H and O–H groups in total. The van der Waals surface area contributed by atoms with E-state index in [1.54, 1.807) is 7.11 Å². The number of aryl methyl sites for hydroxylation is 1. The highest BCUT2D eigenvalue weighted by Gasteiger charge is 2.52. The molecule has 0 spiro atoms. The fourth-order valence-electron chi connectivity index (χ4n) is 5.16. The number of carbonyl (C=O) groups excluding carboxylic acids is 1. The van der Waals surface area contributed by atoms with Crippen molar-refractivity contribution in [3.63, 3.8) is 0 Å². The number of nitrogens with zero attached hydrogens (tertiary/aromatic N) is 3. The van der Waals surface area contributed by atoms with Crippen LogP contribution in [0.3, 0.4) is 0 Å². The Morgan fingerprint density at radius 2 is 2.00 bits per heavy atom. The van der Waals surface area contributed by atoms with Crippen LogP contribution in [0.25, 0.3) is 0 Å². The molecular formula is C24H31N3O2. The molecule has 1 aromatic heterocycles. The fraction of sp³-hybridized carbons (Fsp3) is 0.500. The van der Waals surface area contributed by atoms with Crippen molar-refractivity contribution in [2.75, 3.05) is 33.3 Å². The van der Waals surface area contributed by atoms with Gasteiger partial charge in [-0.3, -0.25) is 14.7 Å². The topological polar surface area (TPSA) is 45.7 Å². The molecule has 0 aliphatic carbocycles. The summed E-state index contributed by atoms with van der Waals surface area (Å²) in [6, 6.07) is 14.6. The van der Waals surface area contributed by atoms with Crippen LogP contribution >= 0.6 is 0 Å². The van der Waals surface area contributed by atoms with Crippen molar-refractivity contribution in [3.8, 4) is 5.75 Å². The van der Waals surface area contributed by atoms with Gasteiger partial charge in [-0.1, -0.05) is 37.3 Å². The van der Waals surface area contributed by atoms with E-state index in [-0.39, 0.29) is 11.3 Å². The van der Waals surface area contributed by atoms with Crippen LogP contribution in [0.2, 0.25) is 0 Å². The first-order valence-electron chi connectivity index (χ1n) is 10.7. The van der Waals surface area contributed by atoms with Crippen molar-refractivity contribution in [1.29, 1.82) is 0 Å². The third-order valence-electron chi connectivity index (χ3n) is 6.68. The number of fused-ring (bicyclic) bond motifs is 1. The molecule has 154 valence electrons. The van der Waals surface area contributed by atoms with Crippen LogP contribution in [0, 0.1) is 11.3 Å². The molecule has 2 aromatic rings. The minimum absolute atomic E-state index is 0.169.